The number of aryl methyl sites for hydroxylation is 1. The predicted molar refractivity (Wildman–Crippen MR) is 103 cm³/mol. The van der Waals surface area contributed by atoms with E-state index in [2.05, 4.69) is 16.3 Å². The zero-order valence-electron chi connectivity index (χ0n) is 15.0. The smallest absolute Gasteiger partial charge is 0.277 e. The summed E-state index contributed by atoms with van der Waals surface area (Å²) in [5.41, 5.74) is 2.18. The molecule has 0 atom stereocenters. The third kappa shape index (κ3) is 4.33. The lowest BCUT2D eigenvalue weighted by atomic mass is 10.0. The fraction of sp³-hybridized carbons (Fsp3) is 0.250. The summed E-state index contributed by atoms with van der Waals surface area (Å²) in [5.74, 6) is 0.703. The van der Waals surface area contributed by atoms with Crippen molar-refractivity contribution in [2.45, 2.75) is 24.7 Å². The van der Waals surface area contributed by atoms with Gasteiger partial charge < -0.3 is 14.1 Å². The first kappa shape index (κ1) is 18.5. The van der Waals surface area contributed by atoms with Crippen LogP contribution in [-0.4, -0.2) is 28.4 Å². The van der Waals surface area contributed by atoms with Gasteiger partial charge in [-0.25, -0.2) is 4.39 Å². The number of anilines is 1. The molecule has 0 unspecified atom stereocenters. The number of carbonyl (C=O) groups excluding carboxylic acids is 1. The van der Waals surface area contributed by atoms with Crippen LogP contribution in [0.1, 0.15) is 17.9 Å². The lowest BCUT2D eigenvalue weighted by Gasteiger charge is -2.29. The van der Waals surface area contributed by atoms with Crippen LogP contribution in [0.4, 0.5) is 10.1 Å². The van der Waals surface area contributed by atoms with E-state index in [1.807, 2.05) is 23.1 Å². The molecule has 144 valence electrons. The SMILES string of the molecule is O=C(CSc1nnc(COc2ccc(F)cc2)o1)N1CCCc2ccccc21. The molecule has 0 spiro atoms. The molecule has 2 heterocycles. The lowest BCUT2D eigenvalue weighted by molar-refractivity contribution is -0.116. The quantitative estimate of drug-likeness (QED) is 0.587. The van der Waals surface area contributed by atoms with Crippen molar-refractivity contribution in [3.63, 3.8) is 0 Å². The third-order valence-electron chi connectivity index (χ3n) is 4.35. The van der Waals surface area contributed by atoms with E-state index in [0.29, 0.717) is 16.9 Å². The number of amides is 1. The molecule has 1 aliphatic rings. The molecule has 1 aliphatic heterocycles. The topological polar surface area (TPSA) is 68.5 Å². The zero-order chi connectivity index (χ0) is 19.3. The number of rotatable bonds is 6. The highest BCUT2D eigenvalue weighted by molar-refractivity contribution is 7.99. The number of halogens is 1. The summed E-state index contributed by atoms with van der Waals surface area (Å²) < 4.78 is 23.9. The van der Waals surface area contributed by atoms with Crippen molar-refractivity contribution in [2.24, 2.45) is 0 Å². The minimum Gasteiger partial charge on any atom is -0.484 e. The van der Waals surface area contributed by atoms with Gasteiger partial charge in [-0.3, -0.25) is 4.79 Å². The second-order valence-electron chi connectivity index (χ2n) is 6.27. The van der Waals surface area contributed by atoms with Crippen molar-refractivity contribution in [2.75, 3.05) is 17.2 Å². The molecule has 6 nitrogen and oxygen atoms in total. The Bertz CT molecular complexity index is 961. The van der Waals surface area contributed by atoms with E-state index in [-0.39, 0.29) is 24.1 Å². The second kappa shape index (κ2) is 8.43. The van der Waals surface area contributed by atoms with E-state index in [0.717, 1.165) is 25.1 Å². The number of fused-ring (bicyclic) bond motifs is 1. The van der Waals surface area contributed by atoms with E-state index in [4.69, 9.17) is 9.15 Å². The molecule has 0 fully saturated rings. The summed E-state index contributed by atoms with van der Waals surface area (Å²) in [6, 6.07) is 13.7. The van der Waals surface area contributed by atoms with Crippen molar-refractivity contribution in [1.29, 1.82) is 0 Å². The van der Waals surface area contributed by atoms with E-state index in [1.54, 1.807) is 0 Å². The summed E-state index contributed by atoms with van der Waals surface area (Å²) in [6.45, 7) is 0.795. The van der Waals surface area contributed by atoms with Crippen LogP contribution in [0.2, 0.25) is 0 Å². The number of nitrogens with zero attached hydrogens (tertiary/aromatic N) is 3. The lowest BCUT2D eigenvalue weighted by Crippen LogP contribution is -2.36. The number of thioether (sulfide) groups is 1. The minimum atomic E-state index is -0.329. The fourth-order valence-electron chi connectivity index (χ4n) is 3.02. The molecule has 3 aromatic rings. The Balaban J connectivity index is 1.31. The second-order valence-corrected chi connectivity index (χ2v) is 7.20. The summed E-state index contributed by atoms with van der Waals surface area (Å²) in [5, 5.41) is 8.17. The van der Waals surface area contributed by atoms with Crippen molar-refractivity contribution in [3.05, 3.63) is 65.8 Å². The van der Waals surface area contributed by atoms with E-state index in [1.165, 1.54) is 41.6 Å². The van der Waals surface area contributed by atoms with E-state index in [9.17, 15) is 9.18 Å². The molecular weight excluding hydrogens is 381 g/mol. The standard InChI is InChI=1S/C20H18FN3O3S/c21-15-7-9-16(10-8-15)26-12-18-22-23-20(27-18)28-13-19(25)24-11-3-5-14-4-1-2-6-17(14)24/h1-2,4,6-10H,3,5,11-13H2. The molecule has 0 saturated carbocycles. The number of hydrogen-bond donors (Lipinski definition) is 0. The molecule has 8 heteroatoms. The molecule has 2 aromatic carbocycles. The van der Waals surface area contributed by atoms with Gasteiger partial charge in [-0.1, -0.05) is 30.0 Å². The molecular formula is C20H18FN3O3S. The maximum absolute atomic E-state index is 12.9. The van der Waals surface area contributed by atoms with Crippen molar-refractivity contribution in [3.8, 4) is 5.75 Å². The molecule has 0 aliphatic carbocycles. The largest absolute Gasteiger partial charge is 0.484 e. The molecule has 0 N–H and O–H groups in total. The molecule has 4 rings (SSSR count). The average molecular weight is 399 g/mol. The number of para-hydroxylation sites is 1. The Labute approximate surface area is 165 Å². The molecule has 0 bridgehead atoms. The number of benzene rings is 2. The highest BCUT2D eigenvalue weighted by Crippen LogP contribution is 2.28. The van der Waals surface area contributed by atoms with Crippen molar-refractivity contribution < 1.29 is 18.3 Å². The van der Waals surface area contributed by atoms with Gasteiger partial charge in [0, 0.05) is 12.2 Å². The monoisotopic (exact) mass is 399 g/mol. The molecule has 1 aromatic heterocycles. The Hall–Kier alpha value is -2.87. The molecule has 1 amide bonds. The van der Waals surface area contributed by atoms with Gasteiger partial charge in [0.1, 0.15) is 11.6 Å². The number of carbonyl (C=O) groups is 1. The van der Waals surface area contributed by atoms with Gasteiger partial charge in [-0.15, -0.1) is 10.2 Å². The van der Waals surface area contributed by atoms with Gasteiger partial charge in [-0.2, -0.15) is 0 Å². The maximum Gasteiger partial charge on any atom is 0.277 e. The van der Waals surface area contributed by atoms with Crippen molar-refractivity contribution >= 4 is 23.4 Å². The molecule has 28 heavy (non-hydrogen) atoms. The fourth-order valence-corrected chi connectivity index (χ4v) is 3.68. The van der Waals surface area contributed by atoms with Crippen molar-refractivity contribution in [1.82, 2.24) is 10.2 Å². The third-order valence-corrected chi connectivity index (χ3v) is 5.16. The van der Waals surface area contributed by atoms with Gasteiger partial charge in [0.25, 0.3) is 11.1 Å². The number of hydrogen-bond acceptors (Lipinski definition) is 6. The van der Waals surface area contributed by atoms with Crippen LogP contribution in [0.15, 0.2) is 58.2 Å². The predicted octanol–water partition coefficient (Wildman–Crippen LogP) is 3.86. The first-order valence-electron chi connectivity index (χ1n) is 8.91. The minimum absolute atomic E-state index is 0.0134. The Morgan fingerprint density at radius 1 is 1.18 bits per heavy atom. The average Bonchev–Trinajstić information content (AvgIpc) is 3.19. The van der Waals surface area contributed by atoms with Crippen LogP contribution in [0, 0.1) is 5.82 Å². The van der Waals surface area contributed by atoms with E-state index >= 15 is 0 Å². The summed E-state index contributed by atoms with van der Waals surface area (Å²) in [4.78, 5) is 14.5. The van der Waals surface area contributed by atoms with Crippen LogP contribution >= 0.6 is 11.8 Å². The van der Waals surface area contributed by atoms with Gasteiger partial charge in [0.05, 0.1) is 5.75 Å². The van der Waals surface area contributed by atoms with Crippen LogP contribution < -0.4 is 9.64 Å². The summed E-state index contributed by atoms with van der Waals surface area (Å²) in [6.07, 6.45) is 1.95. The maximum atomic E-state index is 12.9. The first-order valence-corrected chi connectivity index (χ1v) is 9.89. The normalized spacial score (nSPS) is 13.2. The number of aromatic nitrogens is 2. The van der Waals surface area contributed by atoms with Crippen LogP contribution in [0.25, 0.3) is 0 Å². The van der Waals surface area contributed by atoms with Crippen LogP contribution in [0.5, 0.6) is 5.75 Å². The Morgan fingerprint density at radius 2 is 2.00 bits per heavy atom. The highest BCUT2D eigenvalue weighted by atomic mass is 32.2. The Morgan fingerprint density at radius 3 is 2.86 bits per heavy atom. The summed E-state index contributed by atoms with van der Waals surface area (Å²) >= 11 is 1.20. The zero-order valence-corrected chi connectivity index (χ0v) is 15.8. The van der Waals surface area contributed by atoms with Crippen LogP contribution in [-0.2, 0) is 17.8 Å². The van der Waals surface area contributed by atoms with Crippen LogP contribution in [0.3, 0.4) is 0 Å². The van der Waals surface area contributed by atoms with Gasteiger partial charge in [0.2, 0.25) is 5.91 Å². The number of ether oxygens (including phenoxy) is 1. The van der Waals surface area contributed by atoms with Gasteiger partial charge >= 0.3 is 0 Å². The van der Waals surface area contributed by atoms with Gasteiger partial charge in [-0.05, 0) is 48.7 Å². The highest BCUT2D eigenvalue weighted by Gasteiger charge is 2.22. The molecule has 0 saturated heterocycles. The Kier molecular flexibility index (Phi) is 5.57. The first-order chi connectivity index (χ1) is 13.7. The summed E-state index contributed by atoms with van der Waals surface area (Å²) in [7, 11) is 0. The molecule has 0 radical (unpaired) electrons. The van der Waals surface area contributed by atoms with E-state index < -0.39 is 0 Å². The van der Waals surface area contributed by atoms with Gasteiger partial charge in [0.15, 0.2) is 6.61 Å².